The van der Waals surface area contributed by atoms with Crippen molar-refractivity contribution >= 4 is 28.8 Å². The van der Waals surface area contributed by atoms with Crippen LogP contribution < -0.4 is 5.43 Å². The number of carbonyl (C=O) groups excluding carboxylic acids is 1. The van der Waals surface area contributed by atoms with Crippen LogP contribution >= 0.6 is 11.6 Å². The van der Waals surface area contributed by atoms with Crippen molar-refractivity contribution < 1.29 is 4.79 Å². The Balaban J connectivity index is 2.85. The fraction of sp³-hybridized carbons (Fsp3) is 0.100. The van der Waals surface area contributed by atoms with Gasteiger partial charge >= 0.3 is 0 Å². The number of hydrogen-bond acceptors (Lipinski definition) is 4. The van der Waals surface area contributed by atoms with Crippen LogP contribution in [0.15, 0.2) is 29.4 Å². The van der Waals surface area contributed by atoms with Gasteiger partial charge in [0.15, 0.2) is 5.78 Å². The number of Topliss-reactive ketones (excluding diaryl/α,β-unsaturated/α-hetero) is 1. The highest BCUT2D eigenvalue weighted by Crippen LogP contribution is 2.20. The second-order valence-corrected chi connectivity index (χ2v) is 3.13. The number of anilines is 1. The fourth-order valence-corrected chi connectivity index (χ4v) is 1.03. The van der Waals surface area contributed by atoms with E-state index in [0.717, 1.165) is 0 Å². The van der Waals surface area contributed by atoms with Crippen molar-refractivity contribution in [1.82, 2.24) is 0 Å². The van der Waals surface area contributed by atoms with E-state index in [2.05, 4.69) is 10.5 Å². The van der Waals surface area contributed by atoms with E-state index in [-0.39, 0.29) is 5.71 Å². The average molecular weight is 222 g/mol. The summed E-state index contributed by atoms with van der Waals surface area (Å²) in [6, 6.07) is 8.60. The first kappa shape index (κ1) is 11.2. The van der Waals surface area contributed by atoms with E-state index in [1.165, 1.54) is 6.92 Å². The smallest absolute Gasteiger partial charge is 0.203 e. The molecule has 1 aromatic rings. The van der Waals surface area contributed by atoms with Crippen molar-refractivity contribution in [2.75, 3.05) is 5.43 Å². The summed E-state index contributed by atoms with van der Waals surface area (Å²) in [5.74, 6) is -0.392. The molecule has 0 aliphatic rings. The highest BCUT2D eigenvalue weighted by molar-refractivity contribution is 6.45. The highest BCUT2D eigenvalue weighted by atomic mass is 35.5. The molecular formula is C10H8ClN3O. The third kappa shape index (κ3) is 3.08. The van der Waals surface area contributed by atoms with Crippen LogP contribution in [-0.2, 0) is 4.79 Å². The minimum atomic E-state index is -0.392. The average Bonchev–Trinajstić information content (AvgIpc) is 2.21. The lowest BCUT2D eigenvalue weighted by atomic mass is 10.3. The van der Waals surface area contributed by atoms with Crippen molar-refractivity contribution in [3.8, 4) is 6.07 Å². The van der Waals surface area contributed by atoms with E-state index in [1.54, 1.807) is 30.3 Å². The summed E-state index contributed by atoms with van der Waals surface area (Å²) in [4.78, 5) is 10.9. The fourth-order valence-electron chi connectivity index (χ4n) is 0.850. The van der Waals surface area contributed by atoms with Gasteiger partial charge in [-0.05, 0) is 12.1 Å². The van der Waals surface area contributed by atoms with Crippen LogP contribution in [0.5, 0.6) is 0 Å². The summed E-state index contributed by atoms with van der Waals surface area (Å²) in [6.07, 6.45) is 0. The van der Waals surface area contributed by atoms with Gasteiger partial charge < -0.3 is 0 Å². The molecule has 76 valence electrons. The summed E-state index contributed by atoms with van der Waals surface area (Å²) in [6.45, 7) is 1.27. The molecule has 0 atom stereocenters. The van der Waals surface area contributed by atoms with Crippen molar-refractivity contribution in [2.24, 2.45) is 5.10 Å². The lowest BCUT2D eigenvalue weighted by molar-refractivity contribution is -0.110. The van der Waals surface area contributed by atoms with Gasteiger partial charge in [-0.15, -0.1) is 0 Å². The Labute approximate surface area is 92.2 Å². The second-order valence-electron chi connectivity index (χ2n) is 2.72. The van der Waals surface area contributed by atoms with Gasteiger partial charge in [0.1, 0.15) is 6.07 Å². The van der Waals surface area contributed by atoms with Crippen LogP contribution in [0.1, 0.15) is 6.92 Å². The Bertz CT molecular complexity index is 448. The van der Waals surface area contributed by atoms with E-state index in [4.69, 9.17) is 16.9 Å². The second kappa shape index (κ2) is 5.13. The number of hydrazone groups is 1. The van der Waals surface area contributed by atoms with Gasteiger partial charge in [0.2, 0.25) is 5.71 Å². The summed E-state index contributed by atoms with van der Waals surface area (Å²) in [7, 11) is 0. The molecule has 0 aromatic heterocycles. The van der Waals surface area contributed by atoms with Gasteiger partial charge in [-0.3, -0.25) is 10.2 Å². The Morgan fingerprint density at radius 3 is 2.73 bits per heavy atom. The van der Waals surface area contributed by atoms with Gasteiger partial charge in [0.25, 0.3) is 0 Å². The maximum absolute atomic E-state index is 10.9. The maximum Gasteiger partial charge on any atom is 0.203 e. The SMILES string of the molecule is CC(=O)/C(C#N)=N\Nc1ccccc1Cl. The molecule has 0 amide bonds. The van der Waals surface area contributed by atoms with Gasteiger partial charge in [0, 0.05) is 6.92 Å². The number of nitrogens with zero attached hydrogens (tertiary/aromatic N) is 2. The van der Waals surface area contributed by atoms with Crippen molar-refractivity contribution in [1.29, 1.82) is 5.26 Å². The molecule has 1 aromatic carbocycles. The zero-order valence-corrected chi connectivity index (χ0v) is 8.75. The molecule has 1 rings (SSSR count). The predicted molar refractivity (Wildman–Crippen MR) is 58.8 cm³/mol. The number of rotatable bonds is 3. The number of hydrogen-bond donors (Lipinski definition) is 1. The number of halogens is 1. The van der Waals surface area contributed by atoms with E-state index in [0.29, 0.717) is 10.7 Å². The van der Waals surface area contributed by atoms with Crippen LogP contribution in [-0.4, -0.2) is 11.5 Å². The molecular weight excluding hydrogens is 214 g/mol. The molecule has 0 heterocycles. The molecule has 4 nitrogen and oxygen atoms in total. The maximum atomic E-state index is 10.9. The van der Waals surface area contributed by atoms with Gasteiger partial charge in [0.05, 0.1) is 10.7 Å². The number of carbonyl (C=O) groups is 1. The number of nitriles is 1. The van der Waals surface area contributed by atoms with Crippen molar-refractivity contribution in [2.45, 2.75) is 6.92 Å². The van der Waals surface area contributed by atoms with Gasteiger partial charge in [-0.2, -0.15) is 10.4 Å². The van der Waals surface area contributed by atoms with Crippen LogP contribution in [0.2, 0.25) is 5.02 Å². The topological polar surface area (TPSA) is 65.2 Å². The molecule has 0 saturated heterocycles. The Hall–Kier alpha value is -1.86. The molecule has 0 radical (unpaired) electrons. The monoisotopic (exact) mass is 221 g/mol. The lowest BCUT2D eigenvalue weighted by Crippen LogP contribution is -2.09. The number of para-hydroxylation sites is 1. The molecule has 15 heavy (non-hydrogen) atoms. The summed E-state index contributed by atoms with van der Waals surface area (Å²) >= 11 is 5.83. The predicted octanol–water partition coefficient (Wildman–Crippen LogP) is 2.22. The molecule has 0 aliphatic heterocycles. The minimum absolute atomic E-state index is 0.185. The lowest BCUT2D eigenvalue weighted by Gasteiger charge is -2.01. The highest BCUT2D eigenvalue weighted by Gasteiger charge is 2.04. The minimum Gasteiger partial charge on any atom is -0.292 e. The first-order valence-electron chi connectivity index (χ1n) is 4.14. The normalized spacial score (nSPS) is 10.6. The Morgan fingerprint density at radius 2 is 2.20 bits per heavy atom. The summed E-state index contributed by atoms with van der Waals surface area (Å²) < 4.78 is 0. The first-order valence-corrected chi connectivity index (χ1v) is 4.52. The summed E-state index contributed by atoms with van der Waals surface area (Å²) in [5, 5.41) is 12.7. The first-order chi connectivity index (χ1) is 7.15. The molecule has 1 N–H and O–H groups in total. The van der Waals surface area contributed by atoms with Crippen LogP contribution in [0.3, 0.4) is 0 Å². The Morgan fingerprint density at radius 1 is 1.53 bits per heavy atom. The number of benzene rings is 1. The van der Waals surface area contributed by atoms with E-state index >= 15 is 0 Å². The van der Waals surface area contributed by atoms with Gasteiger partial charge in [-0.25, -0.2) is 0 Å². The molecule has 5 heteroatoms. The van der Waals surface area contributed by atoms with Crippen LogP contribution in [0, 0.1) is 11.3 Å². The van der Waals surface area contributed by atoms with E-state index in [1.807, 2.05) is 0 Å². The largest absolute Gasteiger partial charge is 0.292 e. The third-order valence-electron chi connectivity index (χ3n) is 1.60. The molecule has 0 fully saturated rings. The van der Waals surface area contributed by atoms with Gasteiger partial charge in [-0.1, -0.05) is 23.7 Å². The molecule has 0 unspecified atom stereocenters. The zero-order chi connectivity index (χ0) is 11.3. The van der Waals surface area contributed by atoms with Crippen molar-refractivity contribution in [3.05, 3.63) is 29.3 Å². The molecule has 0 spiro atoms. The zero-order valence-electron chi connectivity index (χ0n) is 7.99. The number of nitrogens with one attached hydrogen (secondary N) is 1. The van der Waals surface area contributed by atoms with Crippen molar-refractivity contribution in [3.63, 3.8) is 0 Å². The van der Waals surface area contributed by atoms with E-state index in [9.17, 15) is 4.79 Å². The Kier molecular flexibility index (Phi) is 3.83. The molecule has 0 aliphatic carbocycles. The summed E-state index contributed by atoms with van der Waals surface area (Å²) in [5.41, 5.74) is 2.92. The number of ketones is 1. The van der Waals surface area contributed by atoms with Crippen LogP contribution in [0.25, 0.3) is 0 Å². The third-order valence-corrected chi connectivity index (χ3v) is 1.93. The molecule has 0 bridgehead atoms. The standard InChI is InChI=1S/C10H8ClN3O/c1-7(15)10(6-12)14-13-9-5-3-2-4-8(9)11/h2-5,13H,1H3/b14-10-. The van der Waals surface area contributed by atoms with Crippen LogP contribution in [0.4, 0.5) is 5.69 Å². The molecule has 0 saturated carbocycles. The van der Waals surface area contributed by atoms with E-state index < -0.39 is 5.78 Å². The quantitative estimate of drug-likeness (QED) is 0.629.